The van der Waals surface area contributed by atoms with Crippen LogP contribution in [-0.2, 0) is 27.3 Å². The van der Waals surface area contributed by atoms with E-state index in [4.69, 9.17) is 5.73 Å². The summed E-state index contributed by atoms with van der Waals surface area (Å²) in [6.45, 7) is 1.81. The van der Waals surface area contributed by atoms with Crippen LogP contribution in [0.4, 0.5) is 11.4 Å². The van der Waals surface area contributed by atoms with E-state index in [2.05, 4.69) is 15.5 Å². The Morgan fingerprint density at radius 1 is 1.23 bits per heavy atom. The van der Waals surface area contributed by atoms with E-state index in [9.17, 15) is 29.7 Å². The number of anilines is 2. The predicted octanol–water partition coefficient (Wildman–Crippen LogP) is 1.64. The molecule has 4 atom stereocenters. The highest BCUT2D eigenvalue weighted by Crippen LogP contribution is 2.57. The molecule has 7 N–H and O–H groups in total. The number of aromatic nitrogens is 2. The summed E-state index contributed by atoms with van der Waals surface area (Å²) < 4.78 is 0. The van der Waals surface area contributed by atoms with Crippen molar-refractivity contribution in [2.75, 3.05) is 38.4 Å². The van der Waals surface area contributed by atoms with E-state index in [1.165, 1.54) is 6.92 Å². The number of phenols is 1. The van der Waals surface area contributed by atoms with Crippen molar-refractivity contribution in [3.63, 3.8) is 0 Å². The first-order chi connectivity index (χ1) is 18.8. The highest BCUT2D eigenvalue weighted by atomic mass is 16.3. The third-order valence-electron chi connectivity index (χ3n) is 8.67. The van der Waals surface area contributed by atoms with Gasteiger partial charge in [0.2, 0.25) is 0 Å². The molecule has 0 aliphatic heterocycles. The molecule has 12 nitrogen and oxygen atoms in total. The number of likely N-dealkylation sites (N-methyl/N-ethyl adjacent to an activating group) is 1. The number of aromatic hydroxyl groups is 1. The summed E-state index contributed by atoms with van der Waals surface area (Å²) in [5, 5.41) is 44.1. The molecule has 3 aliphatic carbocycles. The molecular formula is C28H34N6O6. The lowest BCUT2D eigenvalue weighted by molar-refractivity contribution is -0.139. The number of rotatable bonds is 6. The van der Waals surface area contributed by atoms with Gasteiger partial charge in [-0.15, -0.1) is 0 Å². The van der Waals surface area contributed by atoms with Gasteiger partial charge in [-0.2, -0.15) is 5.10 Å². The van der Waals surface area contributed by atoms with Gasteiger partial charge in [0.1, 0.15) is 22.8 Å². The van der Waals surface area contributed by atoms with Gasteiger partial charge in [-0.25, -0.2) is 0 Å². The van der Waals surface area contributed by atoms with Crippen LogP contribution in [0.1, 0.15) is 30.2 Å². The van der Waals surface area contributed by atoms with Crippen LogP contribution in [0.3, 0.4) is 0 Å². The summed E-state index contributed by atoms with van der Waals surface area (Å²) in [4.78, 5) is 43.4. The van der Waals surface area contributed by atoms with Gasteiger partial charge in [0.25, 0.3) is 5.91 Å². The SMILES string of the molecule is CN(C)c1cc(NCc2ccn[nH]2)c(O)c2c1C[C@@H]1C[C@@H]3[C@H](N(C)C)C(=O)C(C(N)=O)=C(O)[C@@]3(C)C(=O)C1=C2O. The number of ketones is 2. The molecule has 2 aromatic rings. The number of phenolic OH excluding ortho intramolecular Hbond substituents is 1. The maximum absolute atomic E-state index is 14.3. The van der Waals surface area contributed by atoms with Gasteiger partial charge in [-0.1, -0.05) is 0 Å². The number of benzene rings is 1. The molecule has 1 saturated carbocycles. The number of amides is 1. The Morgan fingerprint density at radius 3 is 2.50 bits per heavy atom. The quantitative estimate of drug-likeness (QED) is 0.228. The average molecular weight is 551 g/mol. The van der Waals surface area contributed by atoms with E-state index in [1.807, 2.05) is 19.0 Å². The molecule has 3 aliphatic rings. The zero-order valence-electron chi connectivity index (χ0n) is 23.1. The molecular weight excluding hydrogens is 516 g/mol. The highest BCUT2D eigenvalue weighted by molar-refractivity contribution is 6.24. The Balaban J connectivity index is 1.69. The summed E-state index contributed by atoms with van der Waals surface area (Å²) in [5.41, 5.74) is 5.94. The van der Waals surface area contributed by atoms with E-state index >= 15 is 0 Å². The van der Waals surface area contributed by atoms with Gasteiger partial charge in [0.15, 0.2) is 11.6 Å². The minimum absolute atomic E-state index is 0.0548. The van der Waals surface area contributed by atoms with Crippen LogP contribution in [0.25, 0.3) is 5.76 Å². The van der Waals surface area contributed by atoms with Crippen molar-refractivity contribution in [2.24, 2.45) is 23.0 Å². The number of nitrogens with zero attached hydrogens (tertiary/aromatic N) is 3. The summed E-state index contributed by atoms with van der Waals surface area (Å²) in [7, 11) is 7.04. The maximum Gasteiger partial charge on any atom is 0.255 e. The number of allylic oxidation sites excluding steroid dienone is 2. The molecule has 1 fully saturated rings. The first-order valence-electron chi connectivity index (χ1n) is 13.0. The zero-order chi connectivity index (χ0) is 29.3. The number of primary amides is 1. The Hall–Kier alpha value is -4.32. The molecule has 1 amide bonds. The van der Waals surface area contributed by atoms with E-state index in [1.54, 1.807) is 37.3 Å². The number of aromatic amines is 1. The zero-order valence-corrected chi connectivity index (χ0v) is 23.1. The van der Waals surface area contributed by atoms with Gasteiger partial charge in [0, 0.05) is 37.5 Å². The highest BCUT2D eigenvalue weighted by Gasteiger charge is 2.62. The molecule has 1 aromatic carbocycles. The van der Waals surface area contributed by atoms with Crippen LogP contribution in [0.5, 0.6) is 5.75 Å². The topological polar surface area (TPSA) is 185 Å². The second-order valence-corrected chi connectivity index (χ2v) is 11.4. The Morgan fingerprint density at radius 2 is 1.93 bits per heavy atom. The summed E-state index contributed by atoms with van der Waals surface area (Å²) in [6, 6.07) is 2.69. The van der Waals surface area contributed by atoms with Gasteiger partial charge in [-0.3, -0.25) is 24.4 Å². The number of nitrogens with one attached hydrogen (secondary N) is 2. The number of aliphatic hydroxyl groups is 2. The first-order valence-corrected chi connectivity index (χ1v) is 13.0. The van der Waals surface area contributed by atoms with Crippen LogP contribution < -0.4 is 16.0 Å². The summed E-state index contributed by atoms with van der Waals surface area (Å²) >= 11 is 0. The van der Waals surface area contributed by atoms with E-state index in [0.29, 0.717) is 24.2 Å². The molecule has 212 valence electrons. The fourth-order valence-electron chi connectivity index (χ4n) is 6.70. The third kappa shape index (κ3) is 3.77. The van der Waals surface area contributed by atoms with Gasteiger partial charge in [-0.05, 0) is 57.5 Å². The van der Waals surface area contributed by atoms with E-state index < -0.39 is 52.1 Å². The molecule has 0 spiro atoms. The number of nitrogens with two attached hydrogens (primary N) is 1. The van der Waals surface area contributed by atoms with E-state index in [0.717, 1.165) is 11.4 Å². The molecule has 1 aromatic heterocycles. The molecule has 1 heterocycles. The minimum Gasteiger partial charge on any atom is -0.510 e. The monoisotopic (exact) mass is 550 g/mol. The third-order valence-corrected chi connectivity index (χ3v) is 8.67. The summed E-state index contributed by atoms with van der Waals surface area (Å²) in [5.74, 6) is -4.78. The maximum atomic E-state index is 14.3. The fourth-order valence-corrected chi connectivity index (χ4v) is 6.70. The second-order valence-electron chi connectivity index (χ2n) is 11.4. The summed E-state index contributed by atoms with van der Waals surface area (Å²) in [6.07, 6.45) is 2.21. The lowest BCUT2D eigenvalue weighted by Gasteiger charge is -2.51. The number of hydrogen-bond acceptors (Lipinski definition) is 10. The smallest absolute Gasteiger partial charge is 0.255 e. The number of H-pyrrole nitrogens is 1. The number of fused-ring (bicyclic) bond motifs is 3. The fraction of sp³-hybridized carbons (Fsp3) is 0.429. The first kappa shape index (κ1) is 27.3. The van der Waals surface area contributed by atoms with E-state index in [-0.39, 0.29) is 29.1 Å². The van der Waals surface area contributed by atoms with Gasteiger partial charge >= 0.3 is 0 Å². The van der Waals surface area contributed by atoms with Crippen molar-refractivity contribution in [3.8, 4) is 5.75 Å². The molecule has 0 saturated heterocycles. The molecule has 5 rings (SSSR count). The lowest BCUT2D eigenvalue weighted by Crippen LogP contribution is -2.60. The van der Waals surface area contributed by atoms with Crippen molar-refractivity contribution >= 4 is 34.6 Å². The standard InChI is InChI=1S/C28H34N6O6/c1-28-15(21(34(4)5)24(37)20(26(28)39)27(29)40)9-12-8-14-17(33(2)3)10-16(30-11-13-6-7-31-32-13)22(35)19(14)23(36)18(12)25(28)38/h6-7,10,12,15,21,30,35-36,39H,8-9,11H2,1-5H3,(H2,29,40)(H,31,32)/t12-,15-,21+,28-/m1/s1. The molecule has 40 heavy (non-hydrogen) atoms. The van der Waals surface area contributed by atoms with Gasteiger partial charge in [0.05, 0.1) is 34.9 Å². The molecule has 0 bridgehead atoms. The van der Waals surface area contributed by atoms with Crippen LogP contribution in [0.15, 0.2) is 35.2 Å². The Bertz CT molecular complexity index is 1490. The molecule has 12 heteroatoms. The number of aliphatic hydroxyl groups excluding tert-OH is 2. The van der Waals surface area contributed by atoms with Crippen LogP contribution in [0, 0.1) is 17.3 Å². The number of carbonyl (C=O) groups excluding carboxylic acids is 3. The largest absolute Gasteiger partial charge is 0.510 e. The van der Waals surface area contributed by atoms with Crippen molar-refractivity contribution in [1.82, 2.24) is 15.1 Å². The Kier molecular flexibility index (Phi) is 6.41. The molecule has 0 unspecified atom stereocenters. The normalized spacial score (nSPS) is 26.0. The number of hydrogen-bond donors (Lipinski definition) is 6. The lowest BCUT2D eigenvalue weighted by atomic mass is 9.53. The van der Waals surface area contributed by atoms with Crippen LogP contribution in [-0.4, -0.2) is 82.1 Å². The molecule has 0 radical (unpaired) electrons. The Labute approximate surface area is 231 Å². The van der Waals surface area contributed by atoms with Crippen molar-refractivity contribution in [1.29, 1.82) is 0 Å². The number of carbonyl (C=O) groups is 3. The van der Waals surface area contributed by atoms with Crippen LogP contribution in [0.2, 0.25) is 0 Å². The average Bonchev–Trinajstić information content (AvgIpc) is 3.39. The van der Waals surface area contributed by atoms with Crippen LogP contribution >= 0.6 is 0 Å². The van der Waals surface area contributed by atoms with Crippen molar-refractivity contribution < 1.29 is 29.7 Å². The number of Topliss-reactive ketones (excluding diaryl/α,β-unsaturated/α-hetero) is 2. The van der Waals surface area contributed by atoms with Gasteiger partial charge < -0.3 is 31.3 Å². The minimum atomic E-state index is -1.68. The second kappa shape index (κ2) is 9.40. The van der Waals surface area contributed by atoms with Crippen molar-refractivity contribution in [3.05, 3.63) is 52.1 Å². The van der Waals surface area contributed by atoms with Crippen molar-refractivity contribution in [2.45, 2.75) is 32.4 Å². The predicted molar refractivity (Wildman–Crippen MR) is 148 cm³/mol.